The molecule has 1 saturated heterocycles. The van der Waals surface area contributed by atoms with Crippen molar-refractivity contribution >= 4 is 6.03 Å². The molecule has 0 spiro atoms. The highest BCUT2D eigenvalue weighted by molar-refractivity contribution is 5.74. The molecule has 1 fully saturated rings. The number of urea groups is 1. The average Bonchev–Trinajstić information content (AvgIpc) is 2.38. The van der Waals surface area contributed by atoms with Gasteiger partial charge in [0.15, 0.2) is 0 Å². The number of carbonyl (C=O) groups is 1. The summed E-state index contributed by atoms with van der Waals surface area (Å²) in [5.41, 5.74) is 0.0739. The van der Waals surface area contributed by atoms with Crippen LogP contribution in [0.25, 0.3) is 0 Å². The lowest BCUT2D eigenvalue weighted by Gasteiger charge is -2.37. The molecule has 0 aliphatic carbocycles. The third-order valence-corrected chi connectivity index (χ3v) is 4.12. The quantitative estimate of drug-likeness (QED) is 0.816. The molecule has 1 aliphatic heterocycles. The molecule has 21 heavy (non-hydrogen) atoms. The summed E-state index contributed by atoms with van der Waals surface area (Å²) < 4.78 is 5.38. The first-order valence-corrected chi connectivity index (χ1v) is 8.03. The second kappa shape index (κ2) is 7.99. The number of hydrogen-bond donors (Lipinski definition) is 1. The number of rotatable bonds is 6. The van der Waals surface area contributed by atoms with Gasteiger partial charge in [-0.1, -0.05) is 27.7 Å². The monoisotopic (exact) mass is 299 g/mol. The first-order valence-electron chi connectivity index (χ1n) is 8.03. The van der Waals surface area contributed by atoms with Crippen molar-refractivity contribution in [1.29, 1.82) is 0 Å². The van der Waals surface area contributed by atoms with E-state index in [2.05, 4.69) is 44.8 Å². The van der Waals surface area contributed by atoms with Gasteiger partial charge >= 0.3 is 6.03 Å². The topological polar surface area (TPSA) is 44.8 Å². The average molecular weight is 299 g/mol. The summed E-state index contributed by atoms with van der Waals surface area (Å²) in [5, 5.41) is 3.06. The van der Waals surface area contributed by atoms with Crippen LogP contribution in [0.4, 0.5) is 4.79 Å². The molecule has 2 amide bonds. The minimum atomic E-state index is 0.0197. The Balaban J connectivity index is 2.43. The fraction of sp³-hybridized carbons (Fsp3) is 0.938. The van der Waals surface area contributed by atoms with Gasteiger partial charge in [-0.05, 0) is 18.3 Å². The van der Waals surface area contributed by atoms with Crippen LogP contribution < -0.4 is 5.32 Å². The van der Waals surface area contributed by atoms with Gasteiger partial charge in [0.05, 0.1) is 13.2 Å². The minimum Gasteiger partial charge on any atom is -0.379 e. The van der Waals surface area contributed by atoms with Gasteiger partial charge in [-0.3, -0.25) is 4.90 Å². The molecule has 1 rings (SSSR count). The summed E-state index contributed by atoms with van der Waals surface area (Å²) in [6.45, 7) is 16.1. The zero-order valence-corrected chi connectivity index (χ0v) is 14.6. The summed E-state index contributed by atoms with van der Waals surface area (Å²) in [7, 11) is 1.88. The highest BCUT2D eigenvalue weighted by Gasteiger charge is 2.27. The second-order valence-electron chi connectivity index (χ2n) is 7.39. The standard InChI is InChI=1S/C16H33N3O2/c1-13(2)14(3)17-15(20)18(6)11-16(4,5)12-19-7-9-21-10-8-19/h13-14H,7-12H2,1-6H3,(H,17,20)/t14-/m1/s1. The number of nitrogens with one attached hydrogen (secondary N) is 1. The Morgan fingerprint density at radius 2 is 1.86 bits per heavy atom. The molecular weight excluding hydrogens is 266 g/mol. The van der Waals surface area contributed by atoms with Crippen LogP contribution in [0, 0.1) is 11.3 Å². The molecule has 0 aromatic carbocycles. The maximum Gasteiger partial charge on any atom is 0.317 e. The van der Waals surface area contributed by atoms with E-state index >= 15 is 0 Å². The Kier molecular flexibility index (Phi) is 6.94. The Bertz CT molecular complexity index is 325. The molecule has 0 saturated carbocycles. The van der Waals surface area contributed by atoms with Gasteiger partial charge in [0.2, 0.25) is 0 Å². The second-order valence-corrected chi connectivity index (χ2v) is 7.39. The van der Waals surface area contributed by atoms with Crippen LogP contribution in [0.2, 0.25) is 0 Å². The van der Waals surface area contributed by atoms with Crippen molar-refractivity contribution in [1.82, 2.24) is 15.1 Å². The Labute approximate surface area is 130 Å². The molecule has 0 bridgehead atoms. The van der Waals surface area contributed by atoms with Crippen LogP contribution in [-0.4, -0.2) is 68.3 Å². The molecule has 1 N–H and O–H groups in total. The fourth-order valence-electron chi connectivity index (χ4n) is 2.60. The maximum absolute atomic E-state index is 12.2. The van der Waals surface area contributed by atoms with Crippen molar-refractivity contribution < 1.29 is 9.53 Å². The van der Waals surface area contributed by atoms with Gasteiger partial charge in [-0.25, -0.2) is 4.79 Å². The number of ether oxygens (including phenoxy) is 1. The van der Waals surface area contributed by atoms with E-state index in [-0.39, 0.29) is 17.5 Å². The highest BCUT2D eigenvalue weighted by atomic mass is 16.5. The van der Waals surface area contributed by atoms with E-state index in [1.807, 2.05) is 7.05 Å². The number of carbonyl (C=O) groups excluding carboxylic acids is 1. The van der Waals surface area contributed by atoms with Gasteiger partial charge in [0.1, 0.15) is 0 Å². The summed E-state index contributed by atoms with van der Waals surface area (Å²) in [6.07, 6.45) is 0. The Morgan fingerprint density at radius 3 is 2.38 bits per heavy atom. The van der Waals surface area contributed by atoms with E-state index in [4.69, 9.17) is 4.74 Å². The Morgan fingerprint density at radius 1 is 1.29 bits per heavy atom. The third kappa shape index (κ3) is 6.66. The van der Waals surface area contributed by atoms with E-state index in [1.165, 1.54) is 0 Å². The lowest BCUT2D eigenvalue weighted by molar-refractivity contribution is 0.0179. The fourth-order valence-corrected chi connectivity index (χ4v) is 2.60. The maximum atomic E-state index is 12.2. The molecule has 1 atom stereocenters. The third-order valence-electron chi connectivity index (χ3n) is 4.12. The molecule has 0 aromatic rings. The highest BCUT2D eigenvalue weighted by Crippen LogP contribution is 2.19. The smallest absolute Gasteiger partial charge is 0.317 e. The summed E-state index contributed by atoms with van der Waals surface area (Å²) in [5.74, 6) is 0.448. The van der Waals surface area contributed by atoms with E-state index in [0.717, 1.165) is 39.4 Å². The summed E-state index contributed by atoms with van der Waals surface area (Å²) in [4.78, 5) is 16.4. The van der Waals surface area contributed by atoms with Gasteiger partial charge in [-0.2, -0.15) is 0 Å². The first-order chi connectivity index (χ1) is 9.71. The van der Waals surface area contributed by atoms with Crippen molar-refractivity contribution in [2.75, 3.05) is 46.4 Å². The predicted octanol–water partition coefficient (Wildman–Crippen LogP) is 2.03. The molecule has 0 radical (unpaired) electrons. The largest absolute Gasteiger partial charge is 0.379 e. The number of amides is 2. The SMILES string of the molecule is CC(C)[C@@H](C)NC(=O)N(C)CC(C)(C)CN1CCOCC1. The van der Waals surface area contributed by atoms with Crippen molar-refractivity contribution in [3.05, 3.63) is 0 Å². The zero-order valence-electron chi connectivity index (χ0n) is 14.6. The number of morpholine rings is 1. The van der Waals surface area contributed by atoms with E-state index in [1.54, 1.807) is 4.90 Å². The van der Waals surface area contributed by atoms with Crippen LogP contribution in [0.3, 0.4) is 0 Å². The van der Waals surface area contributed by atoms with Gasteiger partial charge < -0.3 is 15.0 Å². The molecule has 0 unspecified atom stereocenters. The van der Waals surface area contributed by atoms with Gasteiger partial charge in [0.25, 0.3) is 0 Å². The van der Waals surface area contributed by atoms with Crippen molar-refractivity contribution in [2.45, 2.75) is 40.7 Å². The van der Waals surface area contributed by atoms with E-state index in [9.17, 15) is 4.79 Å². The number of hydrogen-bond acceptors (Lipinski definition) is 3. The van der Waals surface area contributed by atoms with Crippen LogP contribution in [0.15, 0.2) is 0 Å². The van der Waals surface area contributed by atoms with Crippen molar-refractivity contribution in [3.63, 3.8) is 0 Å². The van der Waals surface area contributed by atoms with Crippen LogP contribution in [0.1, 0.15) is 34.6 Å². The predicted molar refractivity (Wildman–Crippen MR) is 86.5 cm³/mol. The van der Waals surface area contributed by atoms with Gasteiger partial charge in [-0.15, -0.1) is 0 Å². The molecule has 1 heterocycles. The van der Waals surface area contributed by atoms with Crippen molar-refractivity contribution in [3.8, 4) is 0 Å². The van der Waals surface area contributed by atoms with Crippen LogP contribution >= 0.6 is 0 Å². The number of nitrogens with zero attached hydrogens (tertiary/aromatic N) is 2. The lowest BCUT2D eigenvalue weighted by atomic mass is 9.92. The summed E-state index contributed by atoms with van der Waals surface area (Å²) >= 11 is 0. The molecule has 5 nitrogen and oxygen atoms in total. The molecule has 1 aliphatic rings. The molecule has 0 aromatic heterocycles. The lowest BCUT2D eigenvalue weighted by Crippen LogP contribution is -2.50. The van der Waals surface area contributed by atoms with E-state index < -0.39 is 0 Å². The Hall–Kier alpha value is -0.810. The minimum absolute atomic E-state index is 0.0197. The molecule has 124 valence electrons. The van der Waals surface area contributed by atoms with Crippen molar-refractivity contribution in [2.24, 2.45) is 11.3 Å². The normalized spacial score (nSPS) is 18.6. The van der Waals surface area contributed by atoms with E-state index in [0.29, 0.717) is 5.92 Å². The molecule has 5 heteroatoms. The van der Waals surface area contributed by atoms with Gasteiger partial charge in [0, 0.05) is 39.3 Å². The molecular formula is C16H33N3O2. The summed E-state index contributed by atoms with van der Waals surface area (Å²) in [6, 6.07) is 0.216. The first kappa shape index (κ1) is 18.2. The van der Waals surface area contributed by atoms with Crippen LogP contribution in [0.5, 0.6) is 0 Å². The van der Waals surface area contributed by atoms with Crippen LogP contribution in [-0.2, 0) is 4.74 Å². The zero-order chi connectivity index (χ0) is 16.0.